The molecule has 208 valence electrons. The maximum Gasteiger partial charge on any atom is 0.305 e. The van der Waals surface area contributed by atoms with Gasteiger partial charge in [0.2, 0.25) is 0 Å². The molecule has 0 radical (unpaired) electrons. The van der Waals surface area contributed by atoms with Crippen LogP contribution in [0.4, 0.5) is 0 Å². The summed E-state index contributed by atoms with van der Waals surface area (Å²) in [5.74, 6) is -0.565. The predicted octanol–water partition coefficient (Wildman–Crippen LogP) is 6.68. The lowest BCUT2D eigenvalue weighted by atomic mass is 10.1. The number of unbranched alkanes of at least 4 members (excludes halogenated alkanes) is 12. The fourth-order valence-corrected chi connectivity index (χ4v) is 3.31. The Labute approximate surface area is 214 Å². The van der Waals surface area contributed by atoms with E-state index in [2.05, 4.69) is 20.8 Å². The Hall–Kier alpha value is -1.63. The summed E-state index contributed by atoms with van der Waals surface area (Å²) in [6.45, 7) is 6.90. The monoisotopic (exact) mass is 502 g/mol. The summed E-state index contributed by atoms with van der Waals surface area (Å²) >= 11 is 0. The molecule has 7 heteroatoms. The molecule has 0 aromatic carbocycles. The zero-order valence-electron chi connectivity index (χ0n) is 23.0. The fraction of sp³-hybridized carbons (Fsp3) is 0.893. The molecule has 0 aliphatic carbocycles. The van der Waals surface area contributed by atoms with Crippen molar-refractivity contribution in [3.63, 3.8) is 0 Å². The lowest BCUT2D eigenvalue weighted by Gasteiger charge is -2.06. The van der Waals surface area contributed by atoms with Crippen LogP contribution in [0.5, 0.6) is 0 Å². The fourth-order valence-electron chi connectivity index (χ4n) is 3.31. The number of ether oxygens (including phenoxy) is 3. The molecule has 0 aliphatic rings. The van der Waals surface area contributed by atoms with Crippen LogP contribution in [0.1, 0.15) is 136 Å². The second kappa shape index (κ2) is 30.4. The van der Waals surface area contributed by atoms with E-state index in [-0.39, 0.29) is 44.3 Å². The quantitative estimate of drug-likeness (QED) is 0.0945. The van der Waals surface area contributed by atoms with Crippen molar-refractivity contribution in [3.05, 3.63) is 0 Å². The van der Waals surface area contributed by atoms with E-state index in [1.54, 1.807) is 0 Å². The van der Waals surface area contributed by atoms with Gasteiger partial charge in [0.05, 0.1) is 6.61 Å². The van der Waals surface area contributed by atoms with Crippen molar-refractivity contribution in [1.82, 2.24) is 0 Å². The van der Waals surface area contributed by atoms with Gasteiger partial charge in [0, 0.05) is 19.3 Å². The van der Waals surface area contributed by atoms with E-state index in [0.29, 0.717) is 19.3 Å². The van der Waals surface area contributed by atoms with Crippen LogP contribution in [0, 0.1) is 0 Å². The summed E-state index contributed by atoms with van der Waals surface area (Å²) in [6.07, 6.45) is 18.2. The second-order valence-corrected chi connectivity index (χ2v) is 8.88. The van der Waals surface area contributed by atoms with Crippen LogP contribution in [0.25, 0.3) is 0 Å². The number of hydrogen-bond acceptors (Lipinski definition) is 7. The predicted molar refractivity (Wildman–Crippen MR) is 140 cm³/mol. The summed E-state index contributed by atoms with van der Waals surface area (Å²) in [4.78, 5) is 33.8. The van der Waals surface area contributed by atoms with Crippen molar-refractivity contribution in [2.24, 2.45) is 0 Å². The number of aliphatic hydroxyl groups excluding tert-OH is 1. The van der Waals surface area contributed by atoms with Gasteiger partial charge in [-0.1, -0.05) is 97.8 Å². The Kier molecular flexibility index (Phi) is 30.9. The van der Waals surface area contributed by atoms with Crippen LogP contribution in [-0.2, 0) is 28.6 Å². The third-order valence-electron chi connectivity index (χ3n) is 5.42. The molecule has 0 unspecified atom stereocenters. The molecule has 0 spiro atoms. The van der Waals surface area contributed by atoms with Crippen LogP contribution >= 0.6 is 0 Å². The molecule has 0 aromatic rings. The van der Waals surface area contributed by atoms with E-state index < -0.39 is 0 Å². The summed E-state index contributed by atoms with van der Waals surface area (Å²) < 4.78 is 14.8. The summed E-state index contributed by atoms with van der Waals surface area (Å²) in [5.41, 5.74) is 0. The minimum absolute atomic E-state index is 0.0818. The highest BCUT2D eigenvalue weighted by molar-refractivity contribution is 5.70. The van der Waals surface area contributed by atoms with Crippen molar-refractivity contribution < 1.29 is 33.7 Å². The minimum atomic E-state index is -0.189. The highest BCUT2D eigenvalue weighted by Crippen LogP contribution is 2.07. The highest BCUT2D eigenvalue weighted by atomic mass is 16.6. The molecule has 35 heavy (non-hydrogen) atoms. The first kappa shape index (κ1) is 35.5. The summed E-state index contributed by atoms with van der Waals surface area (Å²) in [5, 5.41) is 8.38. The second-order valence-electron chi connectivity index (χ2n) is 8.88. The first-order chi connectivity index (χ1) is 17.0. The molecule has 7 nitrogen and oxygen atoms in total. The molecule has 0 saturated heterocycles. The molecule has 0 rings (SSSR count). The Morgan fingerprint density at radius 3 is 1.03 bits per heavy atom. The van der Waals surface area contributed by atoms with Crippen LogP contribution < -0.4 is 0 Å². The molecule has 0 fully saturated rings. The van der Waals surface area contributed by atoms with E-state index in [0.717, 1.165) is 38.5 Å². The van der Waals surface area contributed by atoms with Crippen molar-refractivity contribution in [2.45, 2.75) is 136 Å². The molecular formula is C28H54O7. The van der Waals surface area contributed by atoms with Gasteiger partial charge in [-0.05, 0) is 19.3 Å². The lowest BCUT2D eigenvalue weighted by Crippen LogP contribution is -2.13. The number of esters is 3. The zero-order valence-corrected chi connectivity index (χ0v) is 23.0. The third kappa shape index (κ3) is 32.4. The third-order valence-corrected chi connectivity index (χ3v) is 5.42. The van der Waals surface area contributed by atoms with E-state index in [1.165, 1.54) is 57.8 Å². The number of carbonyl (C=O) groups is 3. The normalized spacial score (nSPS) is 10.3. The number of rotatable bonds is 23. The van der Waals surface area contributed by atoms with Crippen LogP contribution in [0.3, 0.4) is 0 Å². The van der Waals surface area contributed by atoms with Gasteiger partial charge in [-0.15, -0.1) is 0 Å². The van der Waals surface area contributed by atoms with Gasteiger partial charge in [0.1, 0.15) is 19.8 Å². The van der Waals surface area contributed by atoms with Gasteiger partial charge in [0.15, 0.2) is 0 Å². The molecule has 0 aromatic heterocycles. The molecule has 0 bridgehead atoms. The van der Waals surface area contributed by atoms with E-state index in [9.17, 15) is 14.4 Å². The summed E-state index contributed by atoms with van der Waals surface area (Å²) in [7, 11) is 0. The topological polar surface area (TPSA) is 99.1 Å². The van der Waals surface area contributed by atoms with E-state index in [1.807, 2.05) is 0 Å². The van der Waals surface area contributed by atoms with E-state index >= 15 is 0 Å². The smallest absolute Gasteiger partial charge is 0.305 e. The lowest BCUT2D eigenvalue weighted by molar-refractivity contribution is -0.152. The molecule has 1 N–H and O–H groups in total. The first-order valence-corrected chi connectivity index (χ1v) is 14.1. The SMILES string of the molecule is CCCCCCCC(=O)OCCO.CCCCCCCC(=O)OCCOC(=O)CCCCCCC. The van der Waals surface area contributed by atoms with Crippen molar-refractivity contribution in [3.8, 4) is 0 Å². The van der Waals surface area contributed by atoms with Crippen molar-refractivity contribution >= 4 is 17.9 Å². The minimum Gasteiger partial charge on any atom is -0.463 e. The van der Waals surface area contributed by atoms with Gasteiger partial charge >= 0.3 is 17.9 Å². The first-order valence-electron chi connectivity index (χ1n) is 14.1. The van der Waals surface area contributed by atoms with Gasteiger partial charge < -0.3 is 19.3 Å². The maximum absolute atomic E-state index is 11.4. The van der Waals surface area contributed by atoms with Crippen LogP contribution in [0.15, 0.2) is 0 Å². The number of aliphatic hydroxyl groups is 1. The van der Waals surface area contributed by atoms with Crippen molar-refractivity contribution in [1.29, 1.82) is 0 Å². The van der Waals surface area contributed by atoms with Gasteiger partial charge in [-0.25, -0.2) is 0 Å². The van der Waals surface area contributed by atoms with Gasteiger partial charge in [-0.3, -0.25) is 14.4 Å². The molecule has 0 saturated carbocycles. The Bertz CT molecular complexity index is 452. The van der Waals surface area contributed by atoms with Crippen molar-refractivity contribution in [2.75, 3.05) is 26.4 Å². The standard InChI is InChI=1S/C18H34O4.C10H20O3/c1-3-5-7-9-11-13-17(19)21-15-16-22-18(20)14-12-10-8-6-4-2;1-2-3-4-5-6-7-10(12)13-9-8-11/h3-16H2,1-2H3;11H,2-9H2,1H3. The highest BCUT2D eigenvalue weighted by Gasteiger charge is 2.05. The number of carbonyl (C=O) groups excluding carboxylic acids is 3. The Balaban J connectivity index is 0. The number of hydrogen-bond donors (Lipinski definition) is 1. The maximum atomic E-state index is 11.4. The molecular weight excluding hydrogens is 448 g/mol. The summed E-state index contributed by atoms with van der Waals surface area (Å²) in [6, 6.07) is 0. The largest absolute Gasteiger partial charge is 0.463 e. The molecule has 0 aliphatic heterocycles. The zero-order chi connectivity index (χ0) is 26.4. The van der Waals surface area contributed by atoms with Gasteiger partial charge in [0.25, 0.3) is 0 Å². The molecule has 0 amide bonds. The molecule has 0 heterocycles. The Morgan fingerprint density at radius 1 is 0.457 bits per heavy atom. The van der Waals surface area contributed by atoms with Gasteiger partial charge in [-0.2, -0.15) is 0 Å². The van der Waals surface area contributed by atoms with Crippen LogP contribution in [-0.4, -0.2) is 49.4 Å². The van der Waals surface area contributed by atoms with Crippen LogP contribution in [0.2, 0.25) is 0 Å². The van der Waals surface area contributed by atoms with E-state index in [4.69, 9.17) is 19.3 Å². The average Bonchev–Trinajstić information content (AvgIpc) is 2.85. The molecule has 0 atom stereocenters. The Morgan fingerprint density at radius 2 is 0.743 bits per heavy atom. The average molecular weight is 503 g/mol.